The van der Waals surface area contributed by atoms with E-state index < -0.39 is 17.7 Å². The zero-order chi connectivity index (χ0) is 21.3. The molecule has 0 spiro atoms. The van der Waals surface area contributed by atoms with Crippen LogP contribution in [0.5, 0.6) is 5.75 Å². The number of hydrogen-bond acceptors (Lipinski definition) is 4. The predicted molar refractivity (Wildman–Crippen MR) is 114 cm³/mol. The number of nitrogens with two attached hydrogens (primary N) is 1. The second-order valence-electron chi connectivity index (χ2n) is 5.76. The predicted octanol–water partition coefficient (Wildman–Crippen LogP) is 5.79. The van der Waals surface area contributed by atoms with Crippen LogP contribution < -0.4 is 10.6 Å². The molecule has 148 valence electrons. The first kappa shape index (κ1) is 21.2. The Morgan fingerprint density at radius 2 is 1.62 bits per heavy atom. The Hall–Kier alpha value is -2.51. The Morgan fingerprint density at radius 3 is 2.17 bits per heavy atom. The van der Waals surface area contributed by atoms with E-state index in [1.807, 2.05) is 0 Å². The lowest BCUT2D eigenvalue weighted by Gasteiger charge is -2.21. The maximum atomic E-state index is 12.9. The fourth-order valence-corrected chi connectivity index (χ4v) is 3.68. The Labute approximate surface area is 185 Å². The first-order chi connectivity index (χ1) is 13.7. The van der Waals surface area contributed by atoms with Gasteiger partial charge in [-0.25, -0.2) is 9.69 Å². The number of rotatable bonds is 3. The third-order valence-electron chi connectivity index (χ3n) is 3.90. The molecule has 0 saturated heterocycles. The molecule has 10 heteroatoms. The minimum absolute atomic E-state index is 0.0296. The molecule has 3 amide bonds. The van der Waals surface area contributed by atoms with Crippen LogP contribution in [0.1, 0.15) is 10.4 Å². The number of amides is 3. The SMILES string of the molecule is NC(=O)N(C(=O)c1c(Cl)cccc1Cl)c1ccc(-c2ncc(Cl)cc2Cl)cc1O. The molecule has 0 saturated carbocycles. The number of phenolic OH excluding ortho intramolecular Hbond substituents is 1. The van der Waals surface area contributed by atoms with E-state index in [-0.39, 0.29) is 26.3 Å². The number of urea groups is 1. The number of anilines is 1. The van der Waals surface area contributed by atoms with Gasteiger partial charge in [-0.1, -0.05) is 58.5 Å². The second kappa shape index (κ2) is 8.47. The summed E-state index contributed by atoms with van der Waals surface area (Å²) in [5, 5.41) is 11.2. The molecular formula is C19H11Cl4N3O3. The molecule has 0 atom stereocenters. The van der Waals surface area contributed by atoms with Gasteiger partial charge in [0.2, 0.25) is 0 Å². The molecule has 3 rings (SSSR count). The second-order valence-corrected chi connectivity index (χ2v) is 7.42. The van der Waals surface area contributed by atoms with Crippen molar-refractivity contribution in [2.45, 2.75) is 0 Å². The van der Waals surface area contributed by atoms with Crippen LogP contribution in [0.2, 0.25) is 20.1 Å². The molecule has 3 N–H and O–H groups in total. The van der Waals surface area contributed by atoms with Gasteiger partial charge in [0.15, 0.2) is 0 Å². The maximum absolute atomic E-state index is 12.9. The quantitative estimate of drug-likeness (QED) is 0.505. The fraction of sp³-hybridized carbons (Fsp3) is 0. The van der Waals surface area contributed by atoms with Crippen LogP contribution >= 0.6 is 46.4 Å². The highest BCUT2D eigenvalue weighted by Crippen LogP contribution is 2.36. The number of aromatic nitrogens is 1. The summed E-state index contributed by atoms with van der Waals surface area (Å²) in [5.74, 6) is -1.30. The van der Waals surface area contributed by atoms with Crippen LogP contribution in [0, 0.1) is 0 Å². The summed E-state index contributed by atoms with van der Waals surface area (Å²) in [6.45, 7) is 0. The van der Waals surface area contributed by atoms with Crippen molar-refractivity contribution in [1.29, 1.82) is 0 Å². The van der Waals surface area contributed by atoms with Gasteiger partial charge in [-0.15, -0.1) is 0 Å². The van der Waals surface area contributed by atoms with Crippen molar-refractivity contribution in [3.05, 3.63) is 74.3 Å². The van der Waals surface area contributed by atoms with Gasteiger partial charge in [-0.2, -0.15) is 0 Å². The number of benzene rings is 2. The number of hydrogen-bond donors (Lipinski definition) is 2. The highest BCUT2D eigenvalue weighted by molar-refractivity contribution is 6.41. The number of imide groups is 1. The largest absolute Gasteiger partial charge is 0.506 e. The zero-order valence-electron chi connectivity index (χ0n) is 14.4. The number of carbonyl (C=O) groups excluding carboxylic acids is 2. The van der Waals surface area contributed by atoms with E-state index in [0.29, 0.717) is 21.2 Å². The smallest absolute Gasteiger partial charge is 0.326 e. The summed E-state index contributed by atoms with van der Waals surface area (Å²) in [5.41, 5.74) is 5.88. The number of primary amides is 1. The van der Waals surface area contributed by atoms with Crippen LogP contribution in [-0.2, 0) is 0 Å². The molecule has 3 aromatic rings. The number of carbonyl (C=O) groups is 2. The van der Waals surface area contributed by atoms with E-state index in [0.717, 1.165) is 0 Å². The average Bonchev–Trinajstić information content (AvgIpc) is 2.63. The first-order valence-electron chi connectivity index (χ1n) is 7.93. The topological polar surface area (TPSA) is 96.5 Å². The van der Waals surface area contributed by atoms with E-state index in [2.05, 4.69) is 4.98 Å². The number of halogens is 4. The van der Waals surface area contributed by atoms with Gasteiger partial charge in [0.05, 0.1) is 37.0 Å². The molecular weight excluding hydrogens is 460 g/mol. The van der Waals surface area contributed by atoms with E-state index in [9.17, 15) is 14.7 Å². The summed E-state index contributed by atoms with van der Waals surface area (Å²) in [6.07, 6.45) is 1.40. The summed E-state index contributed by atoms with van der Waals surface area (Å²) >= 11 is 24.1. The molecule has 0 fully saturated rings. The van der Waals surface area contributed by atoms with E-state index in [1.165, 1.54) is 42.6 Å². The van der Waals surface area contributed by atoms with Gasteiger partial charge in [-0.05, 0) is 30.3 Å². The average molecular weight is 471 g/mol. The standard InChI is InChI=1S/C19H11Cl4N3O3/c20-10-7-13(23)17(25-8-10)9-4-5-14(15(27)6-9)26(19(24)29)18(28)16-11(21)2-1-3-12(16)22/h1-8,27H,(H2,24,29). The summed E-state index contributed by atoms with van der Waals surface area (Å²) < 4.78 is 0. The first-order valence-corrected chi connectivity index (χ1v) is 9.44. The molecule has 0 aliphatic carbocycles. The van der Waals surface area contributed by atoms with E-state index in [4.69, 9.17) is 52.1 Å². The van der Waals surface area contributed by atoms with Gasteiger partial charge >= 0.3 is 6.03 Å². The minimum Gasteiger partial charge on any atom is -0.506 e. The molecule has 0 bridgehead atoms. The summed E-state index contributed by atoms with van der Waals surface area (Å²) in [6, 6.07) is 8.92. The highest BCUT2D eigenvalue weighted by Gasteiger charge is 2.28. The third kappa shape index (κ3) is 4.26. The Morgan fingerprint density at radius 1 is 0.966 bits per heavy atom. The van der Waals surface area contributed by atoms with Crippen LogP contribution in [-0.4, -0.2) is 22.0 Å². The van der Waals surface area contributed by atoms with E-state index >= 15 is 0 Å². The molecule has 0 unspecified atom stereocenters. The van der Waals surface area contributed by atoms with Crippen molar-refractivity contribution in [3.8, 4) is 17.0 Å². The number of phenols is 1. The molecule has 6 nitrogen and oxygen atoms in total. The fourth-order valence-electron chi connectivity index (χ4n) is 2.63. The lowest BCUT2D eigenvalue weighted by Crippen LogP contribution is -2.41. The van der Waals surface area contributed by atoms with Crippen molar-refractivity contribution in [1.82, 2.24) is 4.98 Å². The molecule has 1 heterocycles. The molecule has 0 radical (unpaired) electrons. The number of nitrogens with zero attached hydrogens (tertiary/aromatic N) is 2. The molecule has 0 aliphatic heterocycles. The van der Waals surface area contributed by atoms with Gasteiger partial charge in [0, 0.05) is 11.8 Å². The monoisotopic (exact) mass is 469 g/mol. The lowest BCUT2D eigenvalue weighted by atomic mass is 10.1. The number of pyridine rings is 1. The highest BCUT2D eigenvalue weighted by atomic mass is 35.5. The molecule has 2 aromatic carbocycles. The minimum atomic E-state index is -1.13. The van der Waals surface area contributed by atoms with Gasteiger partial charge in [-0.3, -0.25) is 9.78 Å². The molecule has 1 aromatic heterocycles. The number of aromatic hydroxyl groups is 1. The van der Waals surface area contributed by atoms with Crippen molar-refractivity contribution in [2.75, 3.05) is 4.90 Å². The summed E-state index contributed by atoms with van der Waals surface area (Å²) in [4.78, 5) is 29.6. The van der Waals surface area contributed by atoms with Gasteiger partial charge in [0.1, 0.15) is 5.75 Å². The Bertz CT molecular complexity index is 1120. The summed E-state index contributed by atoms with van der Waals surface area (Å²) in [7, 11) is 0. The maximum Gasteiger partial charge on any atom is 0.326 e. The lowest BCUT2D eigenvalue weighted by molar-refractivity contribution is 0.0995. The molecule has 0 aliphatic rings. The van der Waals surface area contributed by atoms with Crippen molar-refractivity contribution in [3.63, 3.8) is 0 Å². The zero-order valence-corrected chi connectivity index (χ0v) is 17.4. The Kier molecular flexibility index (Phi) is 6.19. The van der Waals surface area contributed by atoms with Crippen molar-refractivity contribution in [2.24, 2.45) is 5.73 Å². The van der Waals surface area contributed by atoms with Crippen LogP contribution in [0.3, 0.4) is 0 Å². The van der Waals surface area contributed by atoms with Gasteiger partial charge < -0.3 is 10.8 Å². The third-order valence-corrected chi connectivity index (χ3v) is 5.02. The van der Waals surface area contributed by atoms with Crippen LogP contribution in [0.4, 0.5) is 10.5 Å². The van der Waals surface area contributed by atoms with Crippen LogP contribution in [0.25, 0.3) is 11.3 Å². The van der Waals surface area contributed by atoms with E-state index in [1.54, 1.807) is 6.07 Å². The van der Waals surface area contributed by atoms with Gasteiger partial charge in [0.25, 0.3) is 5.91 Å². The normalized spacial score (nSPS) is 10.6. The molecule has 29 heavy (non-hydrogen) atoms. The van der Waals surface area contributed by atoms with Crippen molar-refractivity contribution < 1.29 is 14.7 Å². The Balaban J connectivity index is 2.07. The van der Waals surface area contributed by atoms with Crippen LogP contribution in [0.15, 0.2) is 48.7 Å². The van der Waals surface area contributed by atoms with Crippen molar-refractivity contribution >= 4 is 64.0 Å².